The van der Waals surface area contributed by atoms with Gasteiger partial charge < -0.3 is 9.84 Å². The molecule has 0 amide bonds. The Hall–Kier alpha value is -1.22. The zero-order valence-corrected chi connectivity index (χ0v) is 9.96. The number of rotatable bonds is 6. The molecule has 1 N–H and O–H groups in total. The Bertz CT molecular complexity index is 363. The maximum absolute atomic E-state index is 10.3. The fourth-order valence-corrected chi connectivity index (χ4v) is 1.54. The highest BCUT2D eigenvalue weighted by Gasteiger charge is 2.03. The number of aliphatic carboxylic acids is 1. The van der Waals surface area contributed by atoms with Crippen molar-refractivity contribution in [1.29, 1.82) is 0 Å². The van der Waals surface area contributed by atoms with Crippen LogP contribution in [0.4, 0.5) is 0 Å². The summed E-state index contributed by atoms with van der Waals surface area (Å²) in [6.45, 7) is 2.43. The first-order chi connectivity index (χ1) is 7.63. The number of carbonyl (C=O) groups is 1. The van der Waals surface area contributed by atoms with Gasteiger partial charge in [-0.05, 0) is 30.5 Å². The molecular formula is C12H15ClO3. The van der Waals surface area contributed by atoms with Gasteiger partial charge in [0.15, 0.2) is 0 Å². The first-order valence-corrected chi connectivity index (χ1v) is 5.64. The normalized spacial score (nSPS) is 10.1. The van der Waals surface area contributed by atoms with E-state index < -0.39 is 5.97 Å². The molecular weight excluding hydrogens is 228 g/mol. The summed E-state index contributed by atoms with van der Waals surface area (Å²) in [4.78, 5) is 10.3. The van der Waals surface area contributed by atoms with Crippen LogP contribution in [0.2, 0.25) is 5.02 Å². The molecule has 0 bridgehead atoms. The Balaban J connectivity index is 2.45. The number of carboxylic acid groups (broad SMARTS) is 1. The molecule has 0 aliphatic carbocycles. The molecule has 0 fully saturated rings. The van der Waals surface area contributed by atoms with Gasteiger partial charge in [0.25, 0.3) is 0 Å². The molecule has 1 aromatic carbocycles. The SMILES string of the molecule is CCc1ccc(OCCCC(=O)O)c(Cl)c1. The summed E-state index contributed by atoms with van der Waals surface area (Å²) >= 11 is 6.01. The van der Waals surface area contributed by atoms with Crippen LogP contribution in [0, 0.1) is 0 Å². The highest BCUT2D eigenvalue weighted by Crippen LogP contribution is 2.25. The van der Waals surface area contributed by atoms with E-state index in [2.05, 4.69) is 6.92 Å². The number of hydrogen-bond acceptors (Lipinski definition) is 2. The van der Waals surface area contributed by atoms with E-state index in [0.717, 1.165) is 12.0 Å². The summed E-state index contributed by atoms with van der Waals surface area (Å²) in [6, 6.07) is 5.65. The lowest BCUT2D eigenvalue weighted by molar-refractivity contribution is -0.137. The summed E-state index contributed by atoms with van der Waals surface area (Å²) in [6.07, 6.45) is 1.53. The van der Waals surface area contributed by atoms with Gasteiger partial charge in [-0.25, -0.2) is 0 Å². The number of halogens is 1. The zero-order valence-electron chi connectivity index (χ0n) is 9.20. The molecule has 0 aliphatic rings. The third-order valence-electron chi connectivity index (χ3n) is 2.20. The van der Waals surface area contributed by atoms with Crippen molar-refractivity contribution < 1.29 is 14.6 Å². The number of benzene rings is 1. The van der Waals surface area contributed by atoms with Gasteiger partial charge in [0.2, 0.25) is 0 Å². The second kappa shape index (κ2) is 6.38. The quantitative estimate of drug-likeness (QED) is 0.780. The Morgan fingerprint density at radius 1 is 1.50 bits per heavy atom. The molecule has 1 aromatic rings. The number of ether oxygens (including phenoxy) is 1. The Labute approximate surface area is 100.0 Å². The fourth-order valence-electron chi connectivity index (χ4n) is 1.29. The summed E-state index contributed by atoms with van der Waals surface area (Å²) in [5, 5.41) is 9.03. The zero-order chi connectivity index (χ0) is 12.0. The average molecular weight is 243 g/mol. The summed E-state index contributed by atoms with van der Waals surface area (Å²) in [5.41, 5.74) is 1.16. The molecule has 0 aromatic heterocycles. The third-order valence-corrected chi connectivity index (χ3v) is 2.49. The van der Waals surface area contributed by atoms with E-state index in [-0.39, 0.29) is 6.42 Å². The van der Waals surface area contributed by atoms with Crippen LogP contribution in [-0.4, -0.2) is 17.7 Å². The molecule has 1 rings (SSSR count). The van der Waals surface area contributed by atoms with Crippen molar-refractivity contribution in [2.24, 2.45) is 0 Å². The van der Waals surface area contributed by atoms with Gasteiger partial charge in [0, 0.05) is 6.42 Å². The van der Waals surface area contributed by atoms with Gasteiger partial charge in [-0.3, -0.25) is 4.79 Å². The van der Waals surface area contributed by atoms with Gasteiger partial charge >= 0.3 is 5.97 Å². The molecule has 0 heterocycles. The molecule has 16 heavy (non-hydrogen) atoms. The van der Waals surface area contributed by atoms with Gasteiger partial charge in [-0.2, -0.15) is 0 Å². The molecule has 0 spiro atoms. The average Bonchev–Trinajstić information content (AvgIpc) is 2.25. The van der Waals surface area contributed by atoms with Gasteiger partial charge in [0.05, 0.1) is 11.6 Å². The van der Waals surface area contributed by atoms with Crippen LogP contribution in [0.15, 0.2) is 18.2 Å². The number of hydrogen-bond donors (Lipinski definition) is 1. The van der Waals surface area contributed by atoms with Crippen molar-refractivity contribution >= 4 is 17.6 Å². The minimum atomic E-state index is -0.809. The lowest BCUT2D eigenvalue weighted by Gasteiger charge is -2.08. The van der Waals surface area contributed by atoms with E-state index in [4.69, 9.17) is 21.4 Å². The van der Waals surface area contributed by atoms with Crippen molar-refractivity contribution in [2.75, 3.05) is 6.61 Å². The van der Waals surface area contributed by atoms with E-state index in [1.165, 1.54) is 0 Å². The van der Waals surface area contributed by atoms with Crippen molar-refractivity contribution in [1.82, 2.24) is 0 Å². The van der Waals surface area contributed by atoms with Crippen molar-refractivity contribution in [3.63, 3.8) is 0 Å². The maximum atomic E-state index is 10.3. The molecule has 0 aliphatic heterocycles. The monoisotopic (exact) mass is 242 g/mol. The van der Waals surface area contributed by atoms with Gasteiger partial charge in [-0.1, -0.05) is 24.6 Å². The summed E-state index contributed by atoms with van der Waals surface area (Å²) in [5.74, 6) is -0.194. The molecule has 3 nitrogen and oxygen atoms in total. The van der Waals surface area contributed by atoms with Crippen LogP contribution in [0.25, 0.3) is 0 Å². The smallest absolute Gasteiger partial charge is 0.303 e. The Morgan fingerprint density at radius 3 is 2.81 bits per heavy atom. The molecule has 0 radical (unpaired) electrons. The van der Waals surface area contributed by atoms with Crippen LogP contribution in [-0.2, 0) is 11.2 Å². The Morgan fingerprint density at radius 2 is 2.25 bits per heavy atom. The predicted octanol–water partition coefficient (Wildman–Crippen LogP) is 3.15. The topological polar surface area (TPSA) is 46.5 Å². The van der Waals surface area contributed by atoms with E-state index >= 15 is 0 Å². The van der Waals surface area contributed by atoms with Crippen molar-refractivity contribution in [3.8, 4) is 5.75 Å². The van der Waals surface area contributed by atoms with E-state index in [0.29, 0.717) is 23.8 Å². The second-order valence-electron chi connectivity index (χ2n) is 3.46. The molecule has 0 saturated heterocycles. The van der Waals surface area contributed by atoms with Crippen LogP contribution in [0.1, 0.15) is 25.3 Å². The van der Waals surface area contributed by atoms with E-state index in [9.17, 15) is 4.79 Å². The van der Waals surface area contributed by atoms with Crippen LogP contribution in [0.3, 0.4) is 0 Å². The highest BCUT2D eigenvalue weighted by molar-refractivity contribution is 6.32. The third kappa shape index (κ3) is 4.11. The second-order valence-corrected chi connectivity index (χ2v) is 3.87. The maximum Gasteiger partial charge on any atom is 0.303 e. The first-order valence-electron chi connectivity index (χ1n) is 5.26. The minimum absolute atomic E-state index is 0.116. The summed E-state index contributed by atoms with van der Waals surface area (Å²) in [7, 11) is 0. The van der Waals surface area contributed by atoms with Gasteiger partial charge in [-0.15, -0.1) is 0 Å². The molecule has 0 atom stereocenters. The Kier molecular flexibility index (Phi) is 5.12. The van der Waals surface area contributed by atoms with Crippen molar-refractivity contribution in [3.05, 3.63) is 28.8 Å². The van der Waals surface area contributed by atoms with E-state index in [1.807, 2.05) is 18.2 Å². The lowest BCUT2D eigenvalue weighted by Crippen LogP contribution is -2.02. The van der Waals surface area contributed by atoms with Gasteiger partial charge in [0.1, 0.15) is 5.75 Å². The van der Waals surface area contributed by atoms with Crippen LogP contribution in [0.5, 0.6) is 5.75 Å². The number of carboxylic acids is 1. The minimum Gasteiger partial charge on any atom is -0.492 e. The summed E-state index contributed by atoms with van der Waals surface area (Å²) < 4.78 is 5.39. The largest absolute Gasteiger partial charge is 0.492 e. The molecule has 4 heteroatoms. The van der Waals surface area contributed by atoms with Crippen molar-refractivity contribution in [2.45, 2.75) is 26.2 Å². The first kappa shape index (κ1) is 12.8. The molecule has 88 valence electrons. The number of aryl methyl sites for hydroxylation is 1. The standard InChI is InChI=1S/C12H15ClO3/c1-2-9-5-6-11(10(13)8-9)16-7-3-4-12(14)15/h5-6,8H,2-4,7H2,1H3,(H,14,15). The van der Waals surface area contributed by atoms with E-state index in [1.54, 1.807) is 0 Å². The molecule has 0 unspecified atom stereocenters. The molecule has 0 saturated carbocycles. The fraction of sp³-hybridized carbons (Fsp3) is 0.417. The van der Waals surface area contributed by atoms with Crippen LogP contribution >= 0.6 is 11.6 Å². The van der Waals surface area contributed by atoms with Crippen LogP contribution < -0.4 is 4.74 Å². The predicted molar refractivity (Wildman–Crippen MR) is 63.2 cm³/mol. The lowest BCUT2D eigenvalue weighted by atomic mass is 10.2. The highest BCUT2D eigenvalue weighted by atomic mass is 35.5.